The fourth-order valence-corrected chi connectivity index (χ4v) is 3.11. The normalized spacial score (nSPS) is 11.0. The highest BCUT2D eigenvalue weighted by Crippen LogP contribution is 2.17. The highest BCUT2D eigenvalue weighted by Gasteiger charge is 2.15. The van der Waals surface area contributed by atoms with Crippen LogP contribution in [0.15, 0.2) is 71.9 Å². The van der Waals surface area contributed by atoms with Crippen molar-refractivity contribution in [1.29, 1.82) is 0 Å². The van der Waals surface area contributed by atoms with Gasteiger partial charge < -0.3 is 5.32 Å². The second-order valence-electron chi connectivity index (χ2n) is 5.52. The number of benzene rings is 2. The lowest BCUT2D eigenvalue weighted by Gasteiger charge is -2.08. The molecule has 132 valence electrons. The van der Waals surface area contributed by atoms with Crippen LogP contribution in [0.5, 0.6) is 0 Å². The third kappa shape index (κ3) is 4.22. The minimum Gasteiger partial charge on any atom is -0.322 e. The monoisotopic (exact) mass is 368 g/mol. The lowest BCUT2D eigenvalue weighted by atomic mass is 10.1. The summed E-state index contributed by atoms with van der Waals surface area (Å²) in [7, 11) is -3.80. The van der Waals surface area contributed by atoms with Crippen LogP contribution in [0.2, 0.25) is 0 Å². The summed E-state index contributed by atoms with van der Waals surface area (Å²) in [6.07, 6.45) is 2.88. The fraction of sp³-hybridized carbons (Fsp3) is 0.0556. The molecule has 1 heterocycles. The molecule has 0 saturated carbocycles. The molecule has 26 heavy (non-hydrogen) atoms. The molecule has 0 radical (unpaired) electrons. The van der Waals surface area contributed by atoms with Gasteiger partial charge in [0.15, 0.2) is 0 Å². The zero-order valence-corrected chi connectivity index (χ0v) is 14.7. The lowest BCUT2D eigenvalue weighted by molar-refractivity contribution is 0.102. The Morgan fingerprint density at radius 2 is 1.54 bits per heavy atom. The van der Waals surface area contributed by atoms with Crippen LogP contribution in [0.1, 0.15) is 15.9 Å². The van der Waals surface area contributed by atoms with Crippen LogP contribution >= 0.6 is 0 Å². The van der Waals surface area contributed by atoms with E-state index in [0.29, 0.717) is 11.3 Å². The summed E-state index contributed by atoms with van der Waals surface area (Å²) in [5, 5.41) is 2.73. The summed E-state index contributed by atoms with van der Waals surface area (Å²) in [5.74, 6) is -0.277. The van der Waals surface area contributed by atoms with Crippen molar-refractivity contribution >= 4 is 27.6 Å². The van der Waals surface area contributed by atoms with Gasteiger partial charge in [0.25, 0.3) is 15.9 Å². The minimum absolute atomic E-state index is 0.00995. The molecule has 0 atom stereocenters. The van der Waals surface area contributed by atoms with Gasteiger partial charge >= 0.3 is 0 Å². The molecule has 0 unspecified atom stereocenters. The molecule has 1 aromatic heterocycles. The van der Waals surface area contributed by atoms with Gasteiger partial charge in [-0.05, 0) is 49.4 Å². The number of amides is 1. The third-order valence-electron chi connectivity index (χ3n) is 3.53. The van der Waals surface area contributed by atoms with E-state index < -0.39 is 10.0 Å². The summed E-state index contributed by atoms with van der Waals surface area (Å²) in [6, 6.07) is 14.6. The van der Waals surface area contributed by atoms with Crippen LogP contribution in [0.4, 0.5) is 11.6 Å². The first-order valence-corrected chi connectivity index (χ1v) is 9.20. The predicted octanol–water partition coefficient (Wildman–Crippen LogP) is 2.84. The number of carbonyl (C=O) groups excluding carboxylic acids is 1. The molecule has 3 aromatic rings. The van der Waals surface area contributed by atoms with Gasteiger partial charge in [-0.3, -0.25) is 4.79 Å². The highest BCUT2D eigenvalue weighted by molar-refractivity contribution is 7.92. The molecule has 0 aliphatic rings. The maximum atomic E-state index is 12.3. The number of hydrogen-bond donors (Lipinski definition) is 2. The van der Waals surface area contributed by atoms with Crippen molar-refractivity contribution in [2.24, 2.45) is 0 Å². The van der Waals surface area contributed by atoms with Crippen LogP contribution in [-0.2, 0) is 10.0 Å². The molecule has 0 aliphatic heterocycles. The molecule has 0 aliphatic carbocycles. The molecule has 2 aromatic carbocycles. The Morgan fingerprint density at radius 1 is 0.923 bits per heavy atom. The fourth-order valence-electron chi connectivity index (χ4n) is 2.16. The van der Waals surface area contributed by atoms with Crippen LogP contribution in [0, 0.1) is 6.92 Å². The van der Waals surface area contributed by atoms with Gasteiger partial charge in [-0.2, -0.15) is 0 Å². The van der Waals surface area contributed by atoms with E-state index in [1.54, 1.807) is 18.2 Å². The maximum Gasteiger partial charge on any atom is 0.264 e. The molecular formula is C18H16N4O3S. The zero-order chi connectivity index (χ0) is 18.6. The van der Waals surface area contributed by atoms with Crippen LogP contribution in [0.3, 0.4) is 0 Å². The van der Waals surface area contributed by atoms with Crippen molar-refractivity contribution in [2.45, 2.75) is 11.8 Å². The average molecular weight is 368 g/mol. The first-order chi connectivity index (χ1) is 12.4. The third-order valence-corrected chi connectivity index (χ3v) is 4.87. The minimum atomic E-state index is -3.80. The van der Waals surface area contributed by atoms with Gasteiger partial charge in [0.05, 0.1) is 4.90 Å². The van der Waals surface area contributed by atoms with Crippen LogP contribution in [0.25, 0.3) is 0 Å². The van der Waals surface area contributed by atoms with E-state index in [4.69, 9.17) is 0 Å². The Kier molecular flexibility index (Phi) is 4.94. The number of nitrogens with zero attached hydrogens (tertiary/aromatic N) is 2. The van der Waals surface area contributed by atoms with Crippen molar-refractivity contribution in [1.82, 2.24) is 9.97 Å². The molecule has 2 N–H and O–H groups in total. The Balaban J connectivity index is 1.71. The van der Waals surface area contributed by atoms with Crippen LogP contribution < -0.4 is 10.0 Å². The molecule has 0 spiro atoms. The Bertz CT molecular complexity index is 1000. The van der Waals surface area contributed by atoms with E-state index in [1.807, 2.05) is 19.1 Å². The van der Waals surface area contributed by atoms with Gasteiger partial charge in [0, 0.05) is 23.6 Å². The standard InChI is InChI=1S/C18H16N4O3S/c1-13-3-5-14(6-4-13)17(23)21-15-7-9-16(10-8-15)26(24,25)22-18-19-11-2-12-20-18/h2-12H,1H3,(H,21,23)(H,19,20,22). The van der Waals surface area contributed by atoms with Crippen molar-refractivity contribution in [2.75, 3.05) is 10.0 Å². The number of hydrogen-bond acceptors (Lipinski definition) is 5. The molecular weight excluding hydrogens is 352 g/mol. The number of aromatic nitrogens is 2. The van der Waals surface area contributed by atoms with Gasteiger partial charge in [-0.25, -0.2) is 23.1 Å². The van der Waals surface area contributed by atoms with E-state index in [1.165, 1.54) is 36.7 Å². The average Bonchev–Trinajstić information content (AvgIpc) is 2.63. The molecule has 7 nitrogen and oxygen atoms in total. The second kappa shape index (κ2) is 7.32. The quantitative estimate of drug-likeness (QED) is 0.721. The van der Waals surface area contributed by atoms with Gasteiger partial charge in [-0.15, -0.1) is 0 Å². The molecule has 0 saturated heterocycles. The van der Waals surface area contributed by atoms with E-state index in [2.05, 4.69) is 20.0 Å². The summed E-state index contributed by atoms with van der Waals surface area (Å²) in [4.78, 5) is 19.9. The van der Waals surface area contributed by atoms with Crippen molar-refractivity contribution in [3.05, 3.63) is 78.1 Å². The summed E-state index contributed by atoms with van der Waals surface area (Å²) in [6.45, 7) is 1.94. The van der Waals surface area contributed by atoms with Crippen molar-refractivity contribution < 1.29 is 13.2 Å². The SMILES string of the molecule is Cc1ccc(C(=O)Nc2ccc(S(=O)(=O)Nc3ncccn3)cc2)cc1. The maximum absolute atomic E-state index is 12.3. The summed E-state index contributed by atoms with van der Waals surface area (Å²) < 4.78 is 26.9. The Labute approximate surface area is 151 Å². The highest BCUT2D eigenvalue weighted by atomic mass is 32.2. The predicted molar refractivity (Wildman–Crippen MR) is 98.4 cm³/mol. The van der Waals surface area contributed by atoms with E-state index >= 15 is 0 Å². The number of sulfonamides is 1. The van der Waals surface area contributed by atoms with E-state index in [0.717, 1.165) is 5.56 Å². The summed E-state index contributed by atoms with van der Waals surface area (Å²) in [5.41, 5.74) is 2.08. The Morgan fingerprint density at radius 3 is 2.15 bits per heavy atom. The number of rotatable bonds is 5. The molecule has 3 rings (SSSR count). The zero-order valence-electron chi connectivity index (χ0n) is 13.9. The molecule has 0 bridgehead atoms. The first-order valence-electron chi connectivity index (χ1n) is 7.72. The lowest BCUT2D eigenvalue weighted by Crippen LogP contribution is -2.15. The van der Waals surface area contributed by atoms with Gasteiger partial charge in [0.1, 0.15) is 0 Å². The number of anilines is 2. The van der Waals surface area contributed by atoms with Crippen LogP contribution in [-0.4, -0.2) is 24.3 Å². The van der Waals surface area contributed by atoms with Crippen molar-refractivity contribution in [3.63, 3.8) is 0 Å². The molecule has 0 fully saturated rings. The van der Waals surface area contributed by atoms with E-state index in [9.17, 15) is 13.2 Å². The van der Waals surface area contributed by atoms with E-state index in [-0.39, 0.29) is 16.8 Å². The van der Waals surface area contributed by atoms with Gasteiger partial charge in [0.2, 0.25) is 5.95 Å². The summed E-state index contributed by atoms with van der Waals surface area (Å²) >= 11 is 0. The molecule has 1 amide bonds. The smallest absolute Gasteiger partial charge is 0.264 e. The van der Waals surface area contributed by atoms with Gasteiger partial charge in [-0.1, -0.05) is 17.7 Å². The number of carbonyl (C=O) groups is 1. The topological polar surface area (TPSA) is 101 Å². The molecule has 8 heteroatoms. The second-order valence-corrected chi connectivity index (χ2v) is 7.20. The van der Waals surface area contributed by atoms with Crippen molar-refractivity contribution in [3.8, 4) is 0 Å². The number of nitrogens with one attached hydrogen (secondary N) is 2. The number of aryl methyl sites for hydroxylation is 1. The first kappa shape index (κ1) is 17.6. The largest absolute Gasteiger partial charge is 0.322 e. The Hall–Kier alpha value is -3.26.